The maximum atomic E-state index is 12.0. The number of hydrogen-bond donors (Lipinski definition) is 1. The highest BCUT2D eigenvalue weighted by Crippen LogP contribution is 2.17. The largest absolute Gasteiger partial charge is 0.379 e. The normalized spacial score (nSPS) is 15.0. The van der Waals surface area contributed by atoms with Crippen LogP contribution in [0.15, 0.2) is 24.3 Å². The maximum absolute atomic E-state index is 12.0. The lowest BCUT2D eigenvalue weighted by atomic mass is 10.2. The summed E-state index contributed by atoms with van der Waals surface area (Å²) in [5.41, 5.74) is 0.882. The lowest BCUT2D eigenvalue weighted by Crippen LogP contribution is -2.41. The summed E-state index contributed by atoms with van der Waals surface area (Å²) < 4.78 is 5.30. The first-order valence-electron chi connectivity index (χ1n) is 8.62. The predicted molar refractivity (Wildman–Crippen MR) is 97.4 cm³/mol. The van der Waals surface area contributed by atoms with Gasteiger partial charge < -0.3 is 15.0 Å². The van der Waals surface area contributed by atoms with Crippen LogP contribution in [0.1, 0.15) is 18.9 Å². The molecule has 0 radical (unpaired) electrons. The highest BCUT2D eigenvalue weighted by atomic mass is 35.5. The van der Waals surface area contributed by atoms with Crippen LogP contribution >= 0.6 is 11.6 Å². The van der Waals surface area contributed by atoms with Crippen LogP contribution in [-0.2, 0) is 20.9 Å². The number of benzene rings is 1. The van der Waals surface area contributed by atoms with E-state index in [1.165, 1.54) is 6.92 Å². The van der Waals surface area contributed by atoms with Crippen molar-refractivity contribution in [2.24, 2.45) is 0 Å². The molecule has 0 saturated carbocycles. The van der Waals surface area contributed by atoms with Crippen LogP contribution in [0.25, 0.3) is 0 Å². The molecular weight excluding hydrogens is 342 g/mol. The lowest BCUT2D eigenvalue weighted by Gasteiger charge is -2.26. The standard InChI is InChI=1S/C18H26ClN3O3/c1-15(23)22(14-16-4-2-3-5-17(16)19)8-6-18(24)20-7-9-21-10-12-25-13-11-21/h2-5H,6-14H2,1H3,(H,20,24). The Morgan fingerprint density at radius 3 is 2.68 bits per heavy atom. The van der Waals surface area contributed by atoms with Crippen LogP contribution in [0.5, 0.6) is 0 Å². The molecule has 1 N–H and O–H groups in total. The van der Waals surface area contributed by atoms with E-state index in [0.717, 1.165) is 38.4 Å². The molecule has 1 aromatic carbocycles. The van der Waals surface area contributed by atoms with Crippen molar-refractivity contribution in [3.8, 4) is 0 Å². The summed E-state index contributed by atoms with van der Waals surface area (Å²) in [7, 11) is 0. The minimum atomic E-state index is -0.0685. The quantitative estimate of drug-likeness (QED) is 0.757. The summed E-state index contributed by atoms with van der Waals surface area (Å²) in [6.07, 6.45) is 0.285. The summed E-state index contributed by atoms with van der Waals surface area (Å²) in [5, 5.41) is 3.54. The van der Waals surface area contributed by atoms with Gasteiger partial charge >= 0.3 is 0 Å². The van der Waals surface area contributed by atoms with Crippen LogP contribution < -0.4 is 5.32 Å². The Bertz CT molecular complexity index is 576. The van der Waals surface area contributed by atoms with E-state index >= 15 is 0 Å². The third-order valence-corrected chi connectivity index (χ3v) is 4.60. The maximum Gasteiger partial charge on any atom is 0.221 e. The molecule has 1 aliphatic rings. The zero-order valence-electron chi connectivity index (χ0n) is 14.7. The highest BCUT2D eigenvalue weighted by Gasteiger charge is 2.14. The van der Waals surface area contributed by atoms with Crippen LogP contribution in [-0.4, -0.2) is 67.6 Å². The number of nitrogens with one attached hydrogen (secondary N) is 1. The van der Waals surface area contributed by atoms with Gasteiger partial charge in [-0.15, -0.1) is 0 Å². The van der Waals surface area contributed by atoms with Gasteiger partial charge in [-0.1, -0.05) is 29.8 Å². The van der Waals surface area contributed by atoms with E-state index in [1.807, 2.05) is 18.2 Å². The fourth-order valence-electron chi connectivity index (χ4n) is 2.68. The SMILES string of the molecule is CC(=O)N(CCC(=O)NCCN1CCOCC1)Cc1ccccc1Cl. The average Bonchev–Trinajstić information content (AvgIpc) is 2.60. The fourth-order valence-corrected chi connectivity index (χ4v) is 2.88. The Balaban J connectivity index is 1.71. The molecule has 6 nitrogen and oxygen atoms in total. The molecule has 1 heterocycles. The zero-order chi connectivity index (χ0) is 18.1. The van der Waals surface area contributed by atoms with E-state index < -0.39 is 0 Å². The Morgan fingerprint density at radius 1 is 1.28 bits per heavy atom. The second-order valence-electron chi connectivity index (χ2n) is 6.09. The summed E-state index contributed by atoms with van der Waals surface area (Å²) in [6.45, 7) is 7.06. The third kappa shape index (κ3) is 7.02. The van der Waals surface area contributed by atoms with E-state index in [2.05, 4.69) is 10.2 Å². The minimum Gasteiger partial charge on any atom is -0.379 e. The van der Waals surface area contributed by atoms with Gasteiger partial charge in [0, 0.05) is 57.6 Å². The molecule has 25 heavy (non-hydrogen) atoms. The van der Waals surface area contributed by atoms with Gasteiger partial charge in [-0.25, -0.2) is 0 Å². The zero-order valence-corrected chi connectivity index (χ0v) is 15.4. The number of carbonyl (C=O) groups excluding carboxylic acids is 2. The molecule has 1 saturated heterocycles. The van der Waals surface area contributed by atoms with Gasteiger partial charge in [-0.2, -0.15) is 0 Å². The second-order valence-corrected chi connectivity index (χ2v) is 6.49. The predicted octanol–water partition coefficient (Wildman–Crippen LogP) is 1.53. The minimum absolute atomic E-state index is 0.0429. The van der Waals surface area contributed by atoms with E-state index in [0.29, 0.717) is 24.7 Å². The molecule has 0 spiro atoms. The molecule has 138 valence electrons. The molecule has 2 rings (SSSR count). The molecule has 7 heteroatoms. The van der Waals surface area contributed by atoms with Crippen molar-refractivity contribution in [2.45, 2.75) is 19.9 Å². The average molecular weight is 368 g/mol. The first kappa shape index (κ1) is 19.7. The monoisotopic (exact) mass is 367 g/mol. The van der Waals surface area contributed by atoms with E-state index in [1.54, 1.807) is 11.0 Å². The Morgan fingerprint density at radius 2 is 2.00 bits per heavy atom. The number of rotatable bonds is 8. The van der Waals surface area contributed by atoms with Gasteiger partial charge in [0.1, 0.15) is 0 Å². The molecular formula is C18H26ClN3O3. The van der Waals surface area contributed by atoms with Gasteiger partial charge in [-0.05, 0) is 11.6 Å². The summed E-state index contributed by atoms with van der Waals surface area (Å²) >= 11 is 6.15. The van der Waals surface area contributed by atoms with Gasteiger partial charge in [0.25, 0.3) is 0 Å². The number of nitrogens with zero attached hydrogens (tertiary/aromatic N) is 2. The molecule has 2 amide bonds. The van der Waals surface area contributed by atoms with Gasteiger partial charge in [0.2, 0.25) is 11.8 Å². The molecule has 0 aliphatic carbocycles. The van der Waals surface area contributed by atoms with E-state index in [-0.39, 0.29) is 18.2 Å². The number of morpholine rings is 1. The molecule has 1 aromatic rings. The van der Waals surface area contributed by atoms with Crippen molar-refractivity contribution in [1.82, 2.24) is 15.1 Å². The van der Waals surface area contributed by atoms with Gasteiger partial charge in [0.15, 0.2) is 0 Å². The topological polar surface area (TPSA) is 61.9 Å². The van der Waals surface area contributed by atoms with E-state index in [9.17, 15) is 9.59 Å². The summed E-state index contributed by atoms with van der Waals surface area (Å²) in [6, 6.07) is 7.43. The van der Waals surface area contributed by atoms with Crippen molar-refractivity contribution in [2.75, 3.05) is 45.9 Å². The lowest BCUT2D eigenvalue weighted by molar-refractivity contribution is -0.130. The van der Waals surface area contributed by atoms with Crippen molar-refractivity contribution in [3.05, 3.63) is 34.9 Å². The van der Waals surface area contributed by atoms with Crippen LogP contribution in [0, 0.1) is 0 Å². The van der Waals surface area contributed by atoms with Crippen molar-refractivity contribution in [1.29, 1.82) is 0 Å². The number of hydrogen-bond acceptors (Lipinski definition) is 4. The number of halogens is 1. The smallest absolute Gasteiger partial charge is 0.221 e. The molecule has 0 bridgehead atoms. The molecule has 0 atom stereocenters. The summed E-state index contributed by atoms with van der Waals surface area (Å²) in [5.74, 6) is -0.111. The Hall–Kier alpha value is -1.63. The van der Waals surface area contributed by atoms with Crippen molar-refractivity contribution >= 4 is 23.4 Å². The second kappa shape index (κ2) is 10.4. The number of amides is 2. The molecule has 0 unspecified atom stereocenters. The highest BCUT2D eigenvalue weighted by molar-refractivity contribution is 6.31. The van der Waals surface area contributed by atoms with Crippen LogP contribution in [0.4, 0.5) is 0 Å². The van der Waals surface area contributed by atoms with Crippen LogP contribution in [0.2, 0.25) is 5.02 Å². The third-order valence-electron chi connectivity index (χ3n) is 4.23. The number of carbonyl (C=O) groups is 2. The molecule has 1 aliphatic heterocycles. The van der Waals surface area contributed by atoms with E-state index in [4.69, 9.17) is 16.3 Å². The number of ether oxygens (including phenoxy) is 1. The van der Waals surface area contributed by atoms with Gasteiger partial charge in [0.05, 0.1) is 13.2 Å². The van der Waals surface area contributed by atoms with Crippen molar-refractivity contribution < 1.29 is 14.3 Å². The Kier molecular flexibility index (Phi) is 8.18. The molecule has 0 aromatic heterocycles. The van der Waals surface area contributed by atoms with Gasteiger partial charge in [-0.3, -0.25) is 14.5 Å². The van der Waals surface area contributed by atoms with Crippen molar-refractivity contribution in [3.63, 3.8) is 0 Å². The first-order valence-corrected chi connectivity index (χ1v) is 9.00. The fraction of sp³-hybridized carbons (Fsp3) is 0.556. The summed E-state index contributed by atoms with van der Waals surface area (Å²) in [4.78, 5) is 27.7. The Labute approximate surface area is 154 Å². The first-order chi connectivity index (χ1) is 12.1. The van der Waals surface area contributed by atoms with Crippen LogP contribution in [0.3, 0.4) is 0 Å². The molecule has 1 fully saturated rings.